The van der Waals surface area contributed by atoms with Crippen molar-refractivity contribution in [3.05, 3.63) is 69.7 Å². The number of carbonyl (C=O) groups is 2. The molecule has 1 aliphatic carbocycles. The van der Waals surface area contributed by atoms with Gasteiger partial charge in [0.2, 0.25) is 11.8 Å². The standard InChI is InChI=1S/C25H28Cl2N2O2S/c1-15(32)28-23(30)13-19-12-22(18-3-2-4-21(27)11-18)24(17-7-9-20(26)10-8-17)29(25(19)31)14-16-5-6-16/h2-4,7-11,15-16,19,22,24,32H,5-6,12-14H2,1H3,(H,28,30)/t15?,19-,22-,24-/m1/s1. The van der Waals surface area contributed by atoms with Crippen LogP contribution in [0.3, 0.4) is 0 Å². The highest BCUT2D eigenvalue weighted by atomic mass is 35.5. The highest BCUT2D eigenvalue weighted by Crippen LogP contribution is 2.48. The maximum absolute atomic E-state index is 13.7. The topological polar surface area (TPSA) is 49.4 Å². The van der Waals surface area contributed by atoms with Crippen LogP contribution in [0.2, 0.25) is 10.0 Å². The summed E-state index contributed by atoms with van der Waals surface area (Å²) in [6.45, 7) is 2.51. The van der Waals surface area contributed by atoms with Gasteiger partial charge in [-0.2, -0.15) is 12.6 Å². The predicted octanol–water partition coefficient (Wildman–Crippen LogP) is 5.86. The number of rotatable bonds is 7. The first-order valence-corrected chi connectivity index (χ1v) is 12.4. The van der Waals surface area contributed by atoms with E-state index in [1.165, 1.54) is 0 Å². The van der Waals surface area contributed by atoms with E-state index in [1.807, 2.05) is 47.4 Å². The first-order valence-electron chi connectivity index (χ1n) is 11.1. The number of benzene rings is 2. The molecule has 1 saturated heterocycles. The quantitative estimate of drug-likeness (QED) is 0.377. The molecule has 1 unspecified atom stereocenters. The number of nitrogens with one attached hydrogen (secondary N) is 1. The Morgan fingerprint density at radius 2 is 1.84 bits per heavy atom. The van der Waals surface area contributed by atoms with Crippen LogP contribution < -0.4 is 5.32 Å². The maximum atomic E-state index is 13.7. The van der Waals surface area contributed by atoms with E-state index in [4.69, 9.17) is 23.2 Å². The van der Waals surface area contributed by atoms with Gasteiger partial charge in [-0.05, 0) is 67.5 Å². The molecule has 4 nitrogen and oxygen atoms in total. The van der Waals surface area contributed by atoms with Gasteiger partial charge in [-0.1, -0.05) is 47.5 Å². The molecule has 170 valence electrons. The van der Waals surface area contributed by atoms with E-state index in [0.29, 0.717) is 28.9 Å². The molecule has 2 amide bonds. The van der Waals surface area contributed by atoms with Crippen LogP contribution in [0, 0.1) is 11.8 Å². The summed E-state index contributed by atoms with van der Waals surface area (Å²) in [7, 11) is 0. The Morgan fingerprint density at radius 1 is 1.12 bits per heavy atom. The second-order valence-electron chi connectivity index (χ2n) is 8.97. The molecule has 2 aromatic carbocycles. The molecule has 0 spiro atoms. The predicted molar refractivity (Wildman–Crippen MR) is 132 cm³/mol. The molecule has 0 aromatic heterocycles. The molecule has 7 heteroatoms. The van der Waals surface area contributed by atoms with Crippen LogP contribution in [-0.4, -0.2) is 28.6 Å². The Bertz CT molecular complexity index is 978. The third kappa shape index (κ3) is 5.62. The van der Waals surface area contributed by atoms with Crippen molar-refractivity contribution < 1.29 is 9.59 Å². The largest absolute Gasteiger partial charge is 0.345 e. The fourth-order valence-electron chi connectivity index (χ4n) is 4.72. The number of thiol groups is 1. The molecule has 1 aliphatic heterocycles. The van der Waals surface area contributed by atoms with Crippen molar-refractivity contribution in [1.82, 2.24) is 10.2 Å². The Labute approximate surface area is 205 Å². The average molecular weight is 491 g/mol. The molecule has 2 fully saturated rings. The lowest BCUT2D eigenvalue weighted by Crippen LogP contribution is -2.49. The minimum atomic E-state index is -0.381. The first kappa shape index (κ1) is 23.5. The van der Waals surface area contributed by atoms with Crippen molar-refractivity contribution in [3.63, 3.8) is 0 Å². The number of hydrogen-bond acceptors (Lipinski definition) is 3. The van der Waals surface area contributed by atoms with Gasteiger partial charge in [-0.25, -0.2) is 0 Å². The number of nitrogens with zero attached hydrogens (tertiary/aromatic N) is 1. The fourth-order valence-corrected chi connectivity index (χ4v) is 5.19. The molecule has 2 aliphatic rings. The van der Waals surface area contributed by atoms with Crippen LogP contribution in [-0.2, 0) is 9.59 Å². The smallest absolute Gasteiger partial charge is 0.226 e. The molecule has 2 aromatic rings. The van der Waals surface area contributed by atoms with Gasteiger partial charge in [0.05, 0.1) is 11.4 Å². The van der Waals surface area contributed by atoms with Crippen LogP contribution >= 0.6 is 35.8 Å². The van der Waals surface area contributed by atoms with Crippen LogP contribution in [0.1, 0.15) is 55.7 Å². The molecular weight excluding hydrogens is 463 g/mol. The minimum Gasteiger partial charge on any atom is -0.345 e. The molecule has 1 N–H and O–H groups in total. The molecule has 0 bridgehead atoms. The van der Waals surface area contributed by atoms with Crippen molar-refractivity contribution in [1.29, 1.82) is 0 Å². The summed E-state index contributed by atoms with van der Waals surface area (Å²) in [6, 6.07) is 15.5. The van der Waals surface area contributed by atoms with E-state index >= 15 is 0 Å². The van der Waals surface area contributed by atoms with Crippen molar-refractivity contribution in [2.24, 2.45) is 11.8 Å². The van der Waals surface area contributed by atoms with Crippen molar-refractivity contribution in [2.75, 3.05) is 6.54 Å². The lowest BCUT2D eigenvalue weighted by Gasteiger charge is -2.45. The second kappa shape index (κ2) is 10.1. The Balaban J connectivity index is 1.73. The first-order chi connectivity index (χ1) is 15.3. The summed E-state index contributed by atoms with van der Waals surface area (Å²) in [6.07, 6.45) is 3.03. The lowest BCUT2D eigenvalue weighted by atomic mass is 9.74. The molecule has 4 rings (SSSR count). The van der Waals surface area contributed by atoms with Gasteiger partial charge >= 0.3 is 0 Å². The monoisotopic (exact) mass is 490 g/mol. The number of hydrogen-bond donors (Lipinski definition) is 2. The summed E-state index contributed by atoms with van der Waals surface area (Å²) in [5.74, 6) is 0.0776. The van der Waals surface area contributed by atoms with Crippen molar-refractivity contribution >= 4 is 47.6 Å². The second-order valence-corrected chi connectivity index (χ2v) is 10.6. The third-order valence-corrected chi connectivity index (χ3v) is 6.95. The number of halogens is 2. The Hall–Kier alpha value is -1.69. The van der Waals surface area contributed by atoms with Crippen LogP contribution in [0.15, 0.2) is 48.5 Å². The van der Waals surface area contributed by atoms with Crippen molar-refractivity contribution in [3.8, 4) is 0 Å². The van der Waals surface area contributed by atoms with Gasteiger partial charge in [-0.15, -0.1) is 0 Å². The average Bonchev–Trinajstić information content (AvgIpc) is 3.55. The summed E-state index contributed by atoms with van der Waals surface area (Å²) < 4.78 is 0. The SMILES string of the molecule is CC(S)NC(=O)C[C@H]1C[C@H](c2cccc(Cl)c2)[C@@H](c2ccc(Cl)cc2)N(CC2CC2)C1=O. The van der Waals surface area contributed by atoms with Crippen molar-refractivity contribution in [2.45, 2.75) is 49.9 Å². The molecule has 0 radical (unpaired) electrons. The van der Waals surface area contributed by atoms with Gasteiger partial charge in [0.15, 0.2) is 0 Å². The van der Waals surface area contributed by atoms with Gasteiger partial charge in [0, 0.05) is 34.8 Å². The molecule has 1 heterocycles. The van der Waals surface area contributed by atoms with E-state index < -0.39 is 0 Å². The Morgan fingerprint density at radius 3 is 2.47 bits per heavy atom. The maximum Gasteiger partial charge on any atom is 0.226 e. The molecule has 1 saturated carbocycles. The van der Waals surface area contributed by atoms with E-state index in [9.17, 15) is 9.59 Å². The summed E-state index contributed by atoms with van der Waals surface area (Å²) >= 11 is 16.8. The molecular formula is C25H28Cl2N2O2S. The van der Waals surface area contributed by atoms with E-state index in [-0.39, 0.29) is 41.5 Å². The number of piperidine rings is 1. The van der Waals surface area contributed by atoms with E-state index in [1.54, 1.807) is 6.92 Å². The van der Waals surface area contributed by atoms with E-state index in [0.717, 1.165) is 24.0 Å². The summed E-state index contributed by atoms with van der Waals surface area (Å²) in [5, 5.41) is 3.89. The zero-order chi connectivity index (χ0) is 22.8. The summed E-state index contributed by atoms with van der Waals surface area (Å²) in [5.41, 5.74) is 2.14. The molecule has 32 heavy (non-hydrogen) atoms. The van der Waals surface area contributed by atoms with Gasteiger partial charge in [0.1, 0.15) is 0 Å². The minimum absolute atomic E-state index is 0.0255. The summed E-state index contributed by atoms with van der Waals surface area (Å²) in [4.78, 5) is 28.2. The Kier molecular flexibility index (Phi) is 7.38. The highest BCUT2D eigenvalue weighted by Gasteiger charge is 2.45. The van der Waals surface area contributed by atoms with Crippen LogP contribution in [0.5, 0.6) is 0 Å². The number of likely N-dealkylation sites (tertiary alicyclic amines) is 1. The zero-order valence-electron chi connectivity index (χ0n) is 18.0. The van der Waals surface area contributed by atoms with Gasteiger partial charge in [-0.3, -0.25) is 9.59 Å². The highest BCUT2D eigenvalue weighted by molar-refractivity contribution is 7.80. The fraction of sp³-hybridized carbons (Fsp3) is 0.440. The number of amides is 2. The van der Waals surface area contributed by atoms with Crippen LogP contribution in [0.25, 0.3) is 0 Å². The molecule has 4 atom stereocenters. The van der Waals surface area contributed by atoms with Gasteiger partial charge in [0.25, 0.3) is 0 Å². The number of carbonyl (C=O) groups excluding carboxylic acids is 2. The van der Waals surface area contributed by atoms with E-state index in [2.05, 4.69) is 24.0 Å². The zero-order valence-corrected chi connectivity index (χ0v) is 20.4. The normalized spacial score (nSPS) is 24.3. The van der Waals surface area contributed by atoms with Gasteiger partial charge < -0.3 is 10.2 Å². The lowest BCUT2D eigenvalue weighted by molar-refractivity contribution is -0.146. The third-order valence-electron chi connectivity index (χ3n) is 6.33. The van der Waals surface area contributed by atoms with Crippen LogP contribution in [0.4, 0.5) is 0 Å².